The zero-order chi connectivity index (χ0) is 14.7. The topological polar surface area (TPSA) is 105 Å². The van der Waals surface area contributed by atoms with Gasteiger partial charge < -0.3 is 10.2 Å². The molecule has 0 saturated carbocycles. The van der Waals surface area contributed by atoms with E-state index < -0.39 is 11.9 Å². The van der Waals surface area contributed by atoms with Gasteiger partial charge in [0.05, 0.1) is 11.1 Å². The number of hydrogen-bond acceptors (Lipinski definition) is 3. The predicted molar refractivity (Wildman–Crippen MR) is 70.5 cm³/mol. The number of anilines is 1. The fourth-order valence-electron chi connectivity index (χ4n) is 1.77. The van der Waals surface area contributed by atoms with E-state index in [1.165, 1.54) is 30.5 Å². The van der Waals surface area contributed by atoms with Gasteiger partial charge in [0.15, 0.2) is 0 Å². The number of nitrogens with two attached hydrogens (primary N) is 1. The van der Waals surface area contributed by atoms with Crippen LogP contribution < -0.4 is 10.3 Å². The summed E-state index contributed by atoms with van der Waals surface area (Å²) in [7, 11) is 0. The van der Waals surface area contributed by atoms with Gasteiger partial charge in [0.1, 0.15) is 12.7 Å². The molecule has 4 N–H and O–H groups in total. The number of carboxylic acids is 2. The van der Waals surface area contributed by atoms with Crippen LogP contribution in [0.25, 0.3) is 0 Å². The quantitative estimate of drug-likeness (QED) is 0.721. The zero-order valence-electron chi connectivity index (χ0n) is 10.5. The van der Waals surface area contributed by atoms with Gasteiger partial charge in [0, 0.05) is 6.07 Å². The monoisotopic (exact) mass is 273 g/mol. The maximum absolute atomic E-state index is 10.9. The van der Waals surface area contributed by atoms with Gasteiger partial charge in [0.25, 0.3) is 5.82 Å². The average molecular weight is 273 g/mol. The Balaban J connectivity index is 2.27. The first-order valence-corrected chi connectivity index (χ1v) is 5.82. The molecule has 102 valence electrons. The molecular weight excluding hydrogens is 260 g/mol. The number of carboxylic acid groups (broad SMARTS) is 2. The van der Waals surface area contributed by atoms with Crippen LogP contribution in [0.5, 0.6) is 0 Å². The molecule has 0 unspecified atom stereocenters. The molecule has 1 aromatic carbocycles. The molecule has 0 amide bonds. The third-order valence-corrected chi connectivity index (χ3v) is 2.86. The van der Waals surface area contributed by atoms with E-state index in [9.17, 15) is 9.59 Å². The number of nitrogen functional groups attached to an aromatic ring is 1. The van der Waals surface area contributed by atoms with Crippen LogP contribution in [0.3, 0.4) is 0 Å². The molecule has 6 nitrogen and oxygen atoms in total. The SMILES string of the molecule is Nc1ccc(C(=O)O)c[n+]1Cc1ccc(C(=O)O)cc1. The summed E-state index contributed by atoms with van der Waals surface area (Å²) in [6.07, 6.45) is 1.45. The molecule has 0 radical (unpaired) electrons. The Morgan fingerprint density at radius 1 is 0.950 bits per heavy atom. The molecule has 2 rings (SSSR count). The fraction of sp³-hybridized carbons (Fsp3) is 0.0714. The van der Waals surface area contributed by atoms with E-state index >= 15 is 0 Å². The number of aromatic nitrogens is 1. The fourth-order valence-corrected chi connectivity index (χ4v) is 1.77. The van der Waals surface area contributed by atoms with Crippen LogP contribution in [0.4, 0.5) is 5.82 Å². The van der Waals surface area contributed by atoms with E-state index in [0.29, 0.717) is 12.4 Å². The van der Waals surface area contributed by atoms with Crippen molar-refractivity contribution in [3.63, 3.8) is 0 Å². The first-order valence-electron chi connectivity index (χ1n) is 5.82. The van der Waals surface area contributed by atoms with Crippen LogP contribution in [-0.4, -0.2) is 22.2 Å². The van der Waals surface area contributed by atoms with Crippen molar-refractivity contribution in [1.82, 2.24) is 0 Å². The van der Waals surface area contributed by atoms with Crippen molar-refractivity contribution in [3.05, 3.63) is 59.3 Å². The highest BCUT2D eigenvalue weighted by Crippen LogP contribution is 2.06. The predicted octanol–water partition coefficient (Wildman–Crippen LogP) is 1.00. The third-order valence-electron chi connectivity index (χ3n) is 2.86. The Labute approximate surface area is 114 Å². The van der Waals surface area contributed by atoms with E-state index in [2.05, 4.69) is 0 Å². The number of pyridine rings is 1. The Morgan fingerprint density at radius 2 is 1.50 bits per heavy atom. The largest absolute Gasteiger partial charge is 0.478 e. The normalized spacial score (nSPS) is 10.2. The average Bonchev–Trinajstić information content (AvgIpc) is 2.41. The van der Waals surface area contributed by atoms with Gasteiger partial charge in [-0.25, -0.2) is 14.2 Å². The van der Waals surface area contributed by atoms with E-state index in [-0.39, 0.29) is 11.1 Å². The Bertz CT molecular complexity index is 665. The summed E-state index contributed by atoms with van der Waals surface area (Å²) in [4.78, 5) is 21.7. The van der Waals surface area contributed by atoms with Crippen molar-refractivity contribution in [1.29, 1.82) is 0 Å². The lowest BCUT2D eigenvalue weighted by atomic mass is 10.1. The minimum absolute atomic E-state index is 0.140. The minimum atomic E-state index is -1.03. The number of aromatic carboxylic acids is 2. The van der Waals surface area contributed by atoms with Gasteiger partial charge >= 0.3 is 11.9 Å². The standard InChI is InChI=1S/C14H12N2O4/c15-12-6-5-11(14(19)20)8-16(12)7-9-1-3-10(4-2-9)13(17)18/h1-6,8,15H,7H2,(H2,17,18,19,20)/p+1. The zero-order valence-corrected chi connectivity index (χ0v) is 10.5. The van der Waals surface area contributed by atoms with Gasteiger partial charge in [0.2, 0.25) is 0 Å². The highest BCUT2D eigenvalue weighted by Gasteiger charge is 2.11. The molecule has 20 heavy (non-hydrogen) atoms. The first kappa shape index (κ1) is 13.5. The molecule has 0 aliphatic heterocycles. The van der Waals surface area contributed by atoms with Crippen LogP contribution >= 0.6 is 0 Å². The highest BCUT2D eigenvalue weighted by atomic mass is 16.4. The summed E-state index contributed by atoms with van der Waals surface area (Å²) in [6.45, 7) is 0.368. The second-order valence-corrected chi connectivity index (χ2v) is 4.28. The molecular formula is C14H13N2O4+. The number of hydrogen-bond donors (Lipinski definition) is 3. The molecule has 0 atom stereocenters. The molecule has 6 heteroatoms. The summed E-state index contributed by atoms with van der Waals surface area (Å²) in [5.74, 6) is -1.59. The van der Waals surface area contributed by atoms with Crippen LogP contribution in [0, 0.1) is 0 Å². The van der Waals surface area contributed by atoms with Gasteiger partial charge in [-0.2, -0.15) is 0 Å². The number of carbonyl (C=O) groups is 2. The van der Waals surface area contributed by atoms with Crippen molar-refractivity contribution in [2.45, 2.75) is 6.54 Å². The molecule has 0 bridgehead atoms. The maximum Gasteiger partial charge on any atom is 0.339 e. The summed E-state index contributed by atoms with van der Waals surface area (Å²) in [5.41, 5.74) is 6.96. The van der Waals surface area contributed by atoms with E-state index in [1.807, 2.05) is 0 Å². The maximum atomic E-state index is 10.9. The first-order chi connectivity index (χ1) is 9.47. The van der Waals surface area contributed by atoms with Crippen molar-refractivity contribution in [2.24, 2.45) is 0 Å². The minimum Gasteiger partial charge on any atom is -0.478 e. The highest BCUT2D eigenvalue weighted by molar-refractivity contribution is 5.87. The lowest BCUT2D eigenvalue weighted by Gasteiger charge is -2.05. The molecule has 0 aliphatic rings. The van der Waals surface area contributed by atoms with Gasteiger partial charge in [-0.3, -0.25) is 5.73 Å². The molecule has 1 aromatic heterocycles. The van der Waals surface area contributed by atoms with Crippen LogP contribution in [0.15, 0.2) is 42.6 Å². The van der Waals surface area contributed by atoms with Crippen molar-refractivity contribution in [3.8, 4) is 0 Å². The van der Waals surface area contributed by atoms with E-state index in [1.54, 1.807) is 16.7 Å². The Morgan fingerprint density at radius 3 is 2.05 bits per heavy atom. The summed E-state index contributed by atoms with van der Waals surface area (Å²) >= 11 is 0. The smallest absolute Gasteiger partial charge is 0.339 e. The Hall–Kier alpha value is -2.89. The Kier molecular flexibility index (Phi) is 3.65. The second kappa shape index (κ2) is 5.40. The summed E-state index contributed by atoms with van der Waals surface area (Å²) in [5, 5.41) is 17.8. The number of rotatable bonds is 4. The van der Waals surface area contributed by atoms with Gasteiger partial charge in [-0.15, -0.1) is 0 Å². The van der Waals surface area contributed by atoms with Crippen molar-refractivity contribution in [2.75, 3.05) is 5.73 Å². The lowest BCUT2D eigenvalue weighted by molar-refractivity contribution is -0.674. The second-order valence-electron chi connectivity index (χ2n) is 4.28. The van der Waals surface area contributed by atoms with E-state index in [4.69, 9.17) is 15.9 Å². The molecule has 0 fully saturated rings. The van der Waals surface area contributed by atoms with Crippen LogP contribution in [-0.2, 0) is 6.54 Å². The molecule has 0 spiro atoms. The van der Waals surface area contributed by atoms with Crippen molar-refractivity contribution < 1.29 is 24.4 Å². The third kappa shape index (κ3) is 2.92. The summed E-state index contributed by atoms with van der Waals surface area (Å²) in [6, 6.07) is 9.29. The van der Waals surface area contributed by atoms with Gasteiger partial charge in [-0.1, -0.05) is 12.1 Å². The van der Waals surface area contributed by atoms with Crippen LogP contribution in [0.2, 0.25) is 0 Å². The van der Waals surface area contributed by atoms with Crippen molar-refractivity contribution >= 4 is 17.8 Å². The molecule has 1 heterocycles. The number of benzene rings is 1. The van der Waals surface area contributed by atoms with Gasteiger partial charge in [-0.05, 0) is 23.8 Å². The lowest BCUT2D eigenvalue weighted by Crippen LogP contribution is -2.38. The molecule has 0 saturated heterocycles. The van der Waals surface area contributed by atoms with Crippen LogP contribution in [0.1, 0.15) is 26.3 Å². The number of nitrogens with zero attached hydrogens (tertiary/aromatic N) is 1. The summed E-state index contributed by atoms with van der Waals surface area (Å²) < 4.78 is 1.60. The molecule has 2 aromatic rings. The van der Waals surface area contributed by atoms with E-state index in [0.717, 1.165) is 5.56 Å². The molecule has 0 aliphatic carbocycles.